The predicted octanol–water partition coefficient (Wildman–Crippen LogP) is 3.09. The summed E-state index contributed by atoms with van der Waals surface area (Å²) in [6.45, 7) is 1.56. The van der Waals surface area contributed by atoms with Gasteiger partial charge < -0.3 is 14.0 Å². The molecule has 0 unspecified atom stereocenters. The number of phenolic OH excluding ortho intramolecular Hbond substituents is 1. The Morgan fingerprint density at radius 3 is 2.61 bits per heavy atom. The molecule has 0 aliphatic heterocycles. The van der Waals surface area contributed by atoms with Crippen molar-refractivity contribution in [1.29, 1.82) is 0 Å². The van der Waals surface area contributed by atoms with Gasteiger partial charge in [-0.15, -0.1) is 0 Å². The topological polar surface area (TPSA) is 85.7 Å². The van der Waals surface area contributed by atoms with Gasteiger partial charge in [-0.3, -0.25) is 0 Å². The number of aromatic nitrogens is 1. The molecule has 0 fully saturated rings. The van der Waals surface area contributed by atoms with Gasteiger partial charge in [-0.25, -0.2) is 4.98 Å². The minimum atomic E-state index is -4.20. The Bertz CT molecular complexity index is 946. The molecule has 120 valence electrons. The maximum absolute atomic E-state index is 12.4. The molecule has 6 nitrogen and oxygen atoms in total. The van der Waals surface area contributed by atoms with Crippen LogP contribution in [0.25, 0.3) is 10.2 Å². The number of rotatable bonds is 4. The lowest BCUT2D eigenvalue weighted by molar-refractivity contribution is 0.397. The molecule has 0 radical (unpaired) electrons. The molecule has 0 saturated carbocycles. The van der Waals surface area contributed by atoms with Crippen molar-refractivity contribution in [2.75, 3.05) is 7.11 Å². The molecule has 0 aliphatic carbocycles. The minimum Gasteiger partial charge on any atom is -0.506 e. The maximum Gasteiger partial charge on any atom is 0.345 e. The monoisotopic (exact) mass is 351 g/mol. The summed E-state index contributed by atoms with van der Waals surface area (Å²) in [6, 6.07) is 9.92. The third-order valence-corrected chi connectivity index (χ3v) is 5.55. The summed E-state index contributed by atoms with van der Waals surface area (Å²) < 4.78 is 35.7. The van der Waals surface area contributed by atoms with Crippen molar-refractivity contribution in [3.63, 3.8) is 0 Å². The van der Waals surface area contributed by atoms with Crippen LogP contribution in [0.1, 0.15) is 5.56 Å². The summed E-state index contributed by atoms with van der Waals surface area (Å²) in [5, 5.41) is 10.1. The minimum absolute atomic E-state index is 0.000860. The van der Waals surface area contributed by atoms with E-state index < -0.39 is 15.9 Å². The van der Waals surface area contributed by atoms with Crippen molar-refractivity contribution in [2.24, 2.45) is 0 Å². The first kappa shape index (κ1) is 15.6. The molecule has 8 heteroatoms. The summed E-state index contributed by atoms with van der Waals surface area (Å²) in [7, 11) is -2.76. The molecule has 0 amide bonds. The van der Waals surface area contributed by atoms with Gasteiger partial charge in [0.25, 0.3) is 5.19 Å². The normalized spacial score (nSPS) is 11.6. The number of phenols is 1. The van der Waals surface area contributed by atoms with E-state index in [0.717, 1.165) is 16.0 Å². The zero-order valence-electron chi connectivity index (χ0n) is 12.3. The fraction of sp³-hybridized carbons (Fsp3) is 0.133. The number of benzene rings is 2. The first-order valence-electron chi connectivity index (χ1n) is 6.59. The van der Waals surface area contributed by atoms with Crippen LogP contribution in [0.2, 0.25) is 0 Å². The number of hydrogen-bond acceptors (Lipinski definition) is 7. The summed E-state index contributed by atoms with van der Waals surface area (Å²) in [5.41, 5.74) is 0.972. The van der Waals surface area contributed by atoms with Crippen LogP contribution in [0.5, 0.6) is 16.7 Å². The van der Waals surface area contributed by atoms with Crippen LogP contribution in [0, 0.1) is 6.92 Å². The van der Waals surface area contributed by atoms with Crippen molar-refractivity contribution < 1.29 is 22.4 Å². The van der Waals surface area contributed by atoms with E-state index in [2.05, 4.69) is 4.98 Å². The molecule has 0 spiro atoms. The highest BCUT2D eigenvalue weighted by molar-refractivity contribution is 7.87. The molecule has 0 aliphatic rings. The first-order valence-corrected chi connectivity index (χ1v) is 8.81. The van der Waals surface area contributed by atoms with Crippen LogP contribution in [0.4, 0.5) is 0 Å². The second-order valence-electron chi connectivity index (χ2n) is 4.72. The molecule has 1 aromatic heterocycles. The van der Waals surface area contributed by atoms with Crippen molar-refractivity contribution in [3.05, 3.63) is 42.0 Å². The van der Waals surface area contributed by atoms with Gasteiger partial charge in [-0.05, 0) is 31.2 Å². The van der Waals surface area contributed by atoms with E-state index in [1.54, 1.807) is 19.1 Å². The van der Waals surface area contributed by atoms with Crippen molar-refractivity contribution in [3.8, 4) is 16.7 Å². The Hall–Kier alpha value is -2.32. The number of thiazole rings is 1. The van der Waals surface area contributed by atoms with E-state index in [0.29, 0.717) is 16.8 Å². The van der Waals surface area contributed by atoms with Gasteiger partial charge in [0.2, 0.25) is 0 Å². The van der Waals surface area contributed by atoms with E-state index in [4.69, 9.17) is 8.92 Å². The second-order valence-corrected chi connectivity index (χ2v) is 7.23. The SMILES string of the molecule is COc1ccc(S(=O)(=O)Oc2nc3ccccc3s2)c(O)c1C. The highest BCUT2D eigenvalue weighted by Crippen LogP contribution is 2.35. The van der Waals surface area contributed by atoms with E-state index in [-0.39, 0.29) is 10.1 Å². The summed E-state index contributed by atoms with van der Waals surface area (Å²) in [6.07, 6.45) is 0. The molecular weight excluding hydrogens is 338 g/mol. The summed E-state index contributed by atoms with van der Waals surface area (Å²) >= 11 is 1.12. The quantitative estimate of drug-likeness (QED) is 0.727. The van der Waals surface area contributed by atoms with Gasteiger partial charge in [0.1, 0.15) is 16.4 Å². The number of aromatic hydroxyl groups is 1. The van der Waals surface area contributed by atoms with Crippen molar-refractivity contribution in [2.45, 2.75) is 11.8 Å². The first-order chi connectivity index (χ1) is 10.9. The largest absolute Gasteiger partial charge is 0.506 e. The van der Waals surface area contributed by atoms with Gasteiger partial charge in [-0.1, -0.05) is 23.5 Å². The maximum atomic E-state index is 12.4. The van der Waals surface area contributed by atoms with E-state index in [1.165, 1.54) is 19.2 Å². The zero-order valence-corrected chi connectivity index (χ0v) is 13.9. The van der Waals surface area contributed by atoms with Crippen LogP contribution < -0.4 is 8.92 Å². The molecule has 23 heavy (non-hydrogen) atoms. The molecule has 0 atom stereocenters. The smallest absolute Gasteiger partial charge is 0.345 e. The Morgan fingerprint density at radius 1 is 1.17 bits per heavy atom. The number of hydrogen-bond donors (Lipinski definition) is 1. The number of ether oxygens (including phenoxy) is 1. The fourth-order valence-corrected chi connectivity index (χ4v) is 4.15. The third kappa shape index (κ3) is 2.82. The second kappa shape index (κ2) is 5.71. The van der Waals surface area contributed by atoms with Crippen LogP contribution in [-0.2, 0) is 10.1 Å². The Labute approximate surface area is 137 Å². The van der Waals surface area contributed by atoms with Crippen LogP contribution >= 0.6 is 11.3 Å². The molecular formula is C15H13NO5S2. The molecule has 2 aromatic carbocycles. The Morgan fingerprint density at radius 2 is 1.91 bits per heavy atom. The average Bonchev–Trinajstić information content (AvgIpc) is 2.90. The molecule has 0 bridgehead atoms. The highest BCUT2D eigenvalue weighted by Gasteiger charge is 2.25. The van der Waals surface area contributed by atoms with E-state index in [1.807, 2.05) is 12.1 Å². The third-order valence-electron chi connectivity index (χ3n) is 3.29. The zero-order chi connectivity index (χ0) is 16.6. The van der Waals surface area contributed by atoms with Gasteiger partial charge in [0, 0.05) is 5.56 Å². The van der Waals surface area contributed by atoms with Crippen molar-refractivity contribution >= 4 is 31.7 Å². The van der Waals surface area contributed by atoms with E-state index in [9.17, 15) is 13.5 Å². The fourth-order valence-electron chi connectivity index (χ4n) is 2.11. The van der Waals surface area contributed by atoms with Crippen molar-refractivity contribution in [1.82, 2.24) is 4.98 Å². The Kier molecular flexibility index (Phi) is 3.87. The number of fused-ring (bicyclic) bond motifs is 1. The summed E-state index contributed by atoms with van der Waals surface area (Å²) in [5.74, 6) is -0.00750. The molecule has 0 saturated heterocycles. The number of methoxy groups -OCH3 is 1. The summed E-state index contributed by atoms with van der Waals surface area (Å²) in [4.78, 5) is 3.80. The van der Waals surface area contributed by atoms with Gasteiger partial charge in [0.05, 0.1) is 17.3 Å². The predicted molar refractivity (Wildman–Crippen MR) is 86.8 cm³/mol. The molecule has 3 aromatic rings. The Balaban J connectivity index is 2.00. The van der Waals surface area contributed by atoms with Gasteiger partial charge in [-0.2, -0.15) is 8.42 Å². The molecule has 1 heterocycles. The number of nitrogens with zero attached hydrogens (tertiary/aromatic N) is 1. The molecule has 1 N–H and O–H groups in total. The van der Waals surface area contributed by atoms with Gasteiger partial charge in [0.15, 0.2) is 0 Å². The average molecular weight is 351 g/mol. The van der Waals surface area contributed by atoms with E-state index >= 15 is 0 Å². The van der Waals surface area contributed by atoms with Crippen LogP contribution in [-0.4, -0.2) is 25.6 Å². The highest BCUT2D eigenvalue weighted by atomic mass is 32.2. The lowest BCUT2D eigenvalue weighted by Gasteiger charge is -2.11. The number of para-hydroxylation sites is 1. The lowest BCUT2D eigenvalue weighted by atomic mass is 10.2. The molecule has 3 rings (SSSR count). The van der Waals surface area contributed by atoms with Crippen LogP contribution in [0.15, 0.2) is 41.3 Å². The standard InChI is InChI=1S/C15H13NO5S2/c1-9-11(20-2)7-8-13(14(9)17)23(18,19)21-15-16-10-5-3-4-6-12(10)22-15/h3-8,17H,1-2H3. The van der Waals surface area contributed by atoms with Gasteiger partial charge >= 0.3 is 10.1 Å². The van der Waals surface area contributed by atoms with Crippen LogP contribution in [0.3, 0.4) is 0 Å². The lowest BCUT2D eigenvalue weighted by Crippen LogP contribution is -2.10.